The molecule has 0 bridgehead atoms. The second kappa shape index (κ2) is 12.9. The number of aromatic hydroxyl groups is 1. The molecule has 0 radical (unpaired) electrons. The number of amides is 2. The molecule has 1 fully saturated rings. The topological polar surface area (TPSA) is 129 Å². The molecule has 7 rings (SSSR count). The number of hydrogen-bond acceptors (Lipinski definition) is 9. The van der Waals surface area contributed by atoms with Gasteiger partial charge in [-0.2, -0.15) is 10.2 Å². The molecule has 0 aromatic heterocycles. The molecule has 0 spiro atoms. The van der Waals surface area contributed by atoms with Crippen LogP contribution in [0.4, 0.5) is 22.7 Å². The first-order chi connectivity index (χ1) is 24.0. The Labute approximate surface area is 289 Å². The average molecular weight is 669 g/mol. The zero-order valence-electron chi connectivity index (χ0n) is 28.2. The van der Waals surface area contributed by atoms with Crippen molar-refractivity contribution in [2.75, 3.05) is 31.0 Å². The van der Waals surface area contributed by atoms with Crippen molar-refractivity contribution in [1.29, 1.82) is 0 Å². The number of phenols is 1. The Morgan fingerprint density at radius 2 is 1.58 bits per heavy atom. The second-order valence-corrected chi connectivity index (χ2v) is 13.2. The lowest BCUT2D eigenvalue weighted by atomic mass is 9.60. The quantitative estimate of drug-likeness (QED) is 0.124. The number of imide groups is 1. The fraction of sp³-hybridized carbons (Fsp3) is 0.250. The number of Topliss-reactive ketones (excluding diaryl/α,β-unsaturated/α-hetero) is 1. The molecular formula is C40H36N4O6. The van der Waals surface area contributed by atoms with Crippen molar-refractivity contribution in [3.8, 4) is 11.5 Å². The van der Waals surface area contributed by atoms with E-state index in [2.05, 4.69) is 10.2 Å². The number of ether oxygens (including phenoxy) is 1. The molecule has 3 aromatic rings. The SMILES string of the molecule is COc1cc(C=CC2C3=CCC4C(=O)N(c5ccc(N=Nc6ccc(N(C)C)cc6)cc5)C(=O)C4C3CC3=C2C(=O)C=C(C)C3=O)ccc1O. The predicted molar refractivity (Wildman–Crippen MR) is 190 cm³/mol. The van der Waals surface area contributed by atoms with Crippen LogP contribution in [-0.4, -0.2) is 49.7 Å². The van der Waals surface area contributed by atoms with Gasteiger partial charge in [-0.25, -0.2) is 0 Å². The van der Waals surface area contributed by atoms with Crippen LogP contribution in [0.2, 0.25) is 0 Å². The van der Waals surface area contributed by atoms with Gasteiger partial charge in [-0.05, 0) is 98.0 Å². The summed E-state index contributed by atoms with van der Waals surface area (Å²) in [6.07, 6.45) is 7.59. The van der Waals surface area contributed by atoms with Gasteiger partial charge in [0.25, 0.3) is 0 Å². The number of nitrogens with zero attached hydrogens (tertiary/aromatic N) is 4. The number of fused-ring (bicyclic) bond motifs is 3. The zero-order valence-corrected chi connectivity index (χ0v) is 28.2. The molecule has 4 aliphatic rings. The predicted octanol–water partition coefficient (Wildman–Crippen LogP) is 7.06. The highest BCUT2D eigenvalue weighted by Crippen LogP contribution is 2.53. The molecule has 10 nitrogen and oxygen atoms in total. The standard InChI is InChI=1S/C40H36N4O6/c1-22-19-34(46)36-29(15-5-23-6-18-33(45)35(20-23)50-4)28-16-17-30-37(31(28)21-32(36)38(22)47)40(49)44(39(30)48)27-13-9-25(10-14-27)42-41-24-7-11-26(12-8-24)43(2)3/h5-16,18-20,29-31,37,45H,17,21H2,1-4H3. The van der Waals surface area contributed by atoms with E-state index in [1.54, 1.807) is 43.3 Å². The molecule has 1 heterocycles. The largest absolute Gasteiger partial charge is 0.504 e. The van der Waals surface area contributed by atoms with Crippen molar-refractivity contribution >= 4 is 52.2 Å². The molecule has 4 unspecified atom stereocenters. The van der Waals surface area contributed by atoms with Crippen LogP contribution >= 0.6 is 0 Å². The Morgan fingerprint density at radius 3 is 2.24 bits per heavy atom. The summed E-state index contributed by atoms with van der Waals surface area (Å²) in [4.78, 5) is 58.3. The Bertz CT molecular complexity index is 2090. The van der Waals surface area contributed by atoms with Crippen LogP contribution in [0.25, 0.3) is 6.08 Å². The van der Waals surface area contributed by atoms with Crippen LogP contribution in [0.3, 0.4) is 0 Å². The van der Waals surface area contributed by atoms with Gasteiger partial charge in [0.1, 0.15) is 0 Å². The van der Waals surface area contributed by atoms with Crippen molar-refractivity contribution in [3.05, 3.63) is 113 Å². The Morgan fingerprint density at radius 1 is 0.900 bits per heavy atom. The summed E-state index contributed by atoms with van der Waals surface area (Å²) in [7, 11) is 5.39. The fourth-order valence-corrected chi connectivity index (χ4v) is 7.52. The summed E-state index contributed by atoms with van der Waals surface area (Å²) in [5.41, 5.74) is 5.52. The van der Waals surface area contributed by atoms with E-state index in [9.17, 15) is 24.3 Å². The van der Waals surface area contributed by atoms with E-state index in [0.717, 1.165) is 16.8 Å². The minimum absolute atomic E-state index is 0.000993. The number of rotatable bonds is 7. The number of hydrogen-bond donors (Lipinski definition) is 1. The highest BCUT2D eigenvalue weighted by molar-refractivity contribution is 6.24. The van der Waals surface area contributed by atoms with Crippen molar-refractivity contribution < 1.29 is 29.0 Å². The van der Waals surface area contributed by atoms with Crippen molar-refractivity contribution in [2.45, 2.75) is 19.8 Å². The first-order valence-electron chi connectivity index (χ1n) is 16.5. The van der Waals surface area contributed by atoms with E-state index >= 15 is 0 Å². The zero-order chi connectivity index (χ0) is 35.3. The molecule has 2 amide bonds. The molecule has 10 heteroatoms. The second-order valence-electron chi connectivity index (χ2n) is 13.2. The molecule has 1 N–H and O–H groups in total. The van der Waals surface area contributed by atoms with Crippen LogP contribution in [0.15, 0.2) is 117 Å². The number of azo groups is 1. The normalized spacial score (nSPS) is 23.2. The third kappa shape index (κ3) is 5.66. The van der Waals surface area contributed by atoms with E-state index < -0.39 is 23.7 Å². The van der Waals surface area contributed by atoms with Crippen LogP contribution < -0.4 is 14.5 Å². The van der Waals surface area contributed by atoms with Gasteiger partial charge in [-0.1, -0.05) is 29.9 Å². The number of allylic oxidation sites excluding steroid dienone is 7. The molecule has 252 valence electrons. The third-order valence-corrected chi connectivity index (χ3v) is 10.1. The van der Waals surface area contributed by atoms with Gasteiger partial charge in [0, 0.05) is 42.4 Å². The lowest BCUT2D eigenvalue weighted by molar-refractivity contribution is -0.123. The number of methoxy groups -OCH3 is 1. The van der Waals surface area contributed by atoms with Gasteiger partial charge in [0.2, 0.25) is 11.8 Å². The Kier molecular flexibility index (Phi) is 8.39. The minimum atomic E-state index is -0.681. The van der Waals surface area contributed by atoms with Crippen LogP contribution in [0.5, 0.6) is 11.5 Å². The van der Waals surface area contributed by atoms with Gasteiger partial charge in [0.15, 0.2) is 23.1 Å². The van der Waals surface area contributed by atoms with Crippen LogP contribution in [-0.2, 0) is 19.2 Å². The lowest BCUT2D eigenvalue weighted by Crippen LogP contribution is -2.40. The van der Waals surface area contributed by atoms with E-state index in [1.807, 2.05) is 61.5 Å². The van der Waals surface area contributed by atoms with E-state index in [-0.39, 0.29) is 35.6 Å². The summed E-state index contributed by atoms with van der Waals surface area (Å²) in [6.45, 7) is 1.63. The first kappa shape index (κ1) is 32.6. The van der Waals surface area contributed by atoms with E-state index in [0.29, 0.717) is 46.0 Å². The molecular weight excluding hydrogens is 632 g/mol. The number of benzene rings is 3. The summed E-state index contributed by atoms with van der Waals surface area (Å²) in [6, 6.07) is 19.4. The number of carbonyl (C=O) groups excluding carboxylic acids is 4. The molecule has 3 aromatic carbocycles. The van der Waals surface area contributed by atoms with Crippen molar-refractivity contribution in [1.82, 2.24) is 0 Å². The fourth-order valence-electron chi connectivity index (χ4n) is 7.52. The number of carbonyl (C=O) groups is 4. The third-order valence-electron chi connectivity index (χ3n) is 10.1. The van der Waals surface area contributed by atoms with E-state index in [1.165, 1.54) is 24.2 Å². The Hall–Kier alpha value is -5.90. The first-order valence-corrected chi connectivity index (χ1v) is 16.5. The number of ketones is 2. The molecule has 50 heavy (non-hydrogen) atoms. The monoisotopic (exact) mass is 668 g/mol. The summed E-state index contributed by atoms with van der Waals surface area (Å²) in [5, 5.41) is 18.7. The maximum atomic E-state index is 14.2. The van der Waals surface area contributed by atoms with E-state index in [4.69, 9.17) is 4.74 Å². The number of anilines is 2. The lowest BCUT2D eigenvalue weighted by Gasteiger charge is -2.41. The summed E-state index contributed by atoms with van der Waals surface area (Å²) in [5.74, 6) is -3.00. The van der Waals surface area contributed by atoms with Crippen LogP contribution in [0, 0.1) is 23.7 Å². The average Bonchev–Trinajstić information content (AvgIpc) is 3.38. The highest BCUT2D eigenvalue weighted by Gasteiger charge is 2.56. The number of phenolic OH excluding ortho intramolecular Hbond substituents is 1. The van der Waals surface area contributed by atoms with Gasteiger partial charge in [0.05, 0.1) is 36.0 Å². The van der Waals surface area contributed by atoms with Crippen molar-refractivity contribution in [3.63, 3.8) is 0 Å². The van der Waals surface area contributed by atoms with Crippen molar-refractivity contribution in [2.24, 2.45) is 33.9 Å². The summed E-state index contributed by atoms with van der Waals surface area (Å²) >= 11 is 0. The molecule has 0 saturated carbocycles. The Balaban J connectivity index is 1.17. The van der Waals surface area contributed by atoms with Gasteiger partial charge < -0.3 is 14.7 Å². The summed E-state index contributed by atoms with van der Waals surface area (Å²) < 4.78 is 5.26. The highest BCUT2D eigenvalue weighted by atomic mass is 16.5. The van der Waals surface area contributed by atoms with Gasteiger partial charge in [-0.3, -0.25) is 24.1 Å². The maximum Gasteiger partial charge on any atom is 0.238 e. The maximum absolute atomic E-state index is 14.2. The van der Waals surface area contributed by atoms with Crippen LogP contribution in [0.1, 0.15) is 25.3 Å². The molecule has 3 aliphatic carbocycles. The molecule has 1 aliphatic heterocycles. The van der Waals surface area contributed by atoms with Gasteiger partial charge in [-0.15, -0.1) is 0 Å². The minimum Gasteiger partial charge on any atom is -0.504 e. The van der Waals surface area contributed by atoms with Gasteiger partial charge >= 0.3 is 0 Å². The molecule has 4 atom stereocenters. The molecule has 1 saturated heterocycles. The smallest absolute Gasteiger partial charge is 0.238 e.